The van der Waals surface area contributed by atoms with Crippen LogP contribution in [0.3, 0.4) is 0 Å². The smallest absolute Gasteiger partial charge is 0.306 e. The van der Waals surface area contributed by atoms with Gasteiger partial charge in [0.1, 0.15) is 12.4 Å². The van der Waals surface area contributed by atoms with E-state index in [1.54, 1.807) is 7.11 Å². The molecule has 0 aromatic heterocycles. The van der Waals surface area contributed by atoms with Crippen LogP contribution in [0.5, 0.6) is 5.75 Å². The SMILES string of the molecule is CCCCCCOC(=O)CCCCCCCCC(=O)OCc1ccc(OC)cc1. The van der Waals surface area contributed by atoms with Crippen molar-refractivity contribution in [1.82, 2.24) is 0 Å². The fourth-order valence-corrected chi connectivity index (χ4v) is 2.99. The van der Waals surface area contributed by atoms with Crippen LogP contribution in [0.4, 0.5) is 0 Å². The average Bonchev–Trinajstić information content (AvgIpc) is 2.74. The Morgan fingerprint density at radius 2 is 1.28 bits per heavy atom. The van der Waals surface area contributed by atoms with Crippen LogP contribution in [0.25, 0.3) is 0 Å². The highest BCUT2D eigenvalue weighted by Crippen LogP contribution is 2.13. The molecule has 5 heteroatoms. The molecule has 0 atom stereocenters. The van der Waals surface area contributed by atoms with Gasteiger partial charge in [0.15, 0.2) is 0 Å². The van der Waals surface area contributed by atoms with Gasteiger partial charge in [0.05, 0.1) is 13.7 Å². The van der Waals surface area contributed by atoms with Crippen molar-refractivity contribution in [2.45, 2.75) is 90.6 Å². The predicted octanol–water partition coefficient (Wildman–Crippen LogP) is 5.98. The van der Waals surface area contributed by atoms with E-state index >= 15 is 0 Å². The molecule has 0 saturated carbocycles. The van der Waals surface area contributed by atoms with Crippen LogP contribution in [0, 0.1) is 0 Å². The molecule has 0 amide bonds. The zero-order valence-corrected chi connectivity index (χ0v) is 18.3. The minimum Gasteiger partial charge on any atom is -0.497 e. The Morgan fingerprint density at radius 1 is 0.724 bits per heavy atom. The summed E-state index contributed by atoms with van der Waals surface area (Å²) in [6.45, 7) is 3.03. The number of rotatable bonds is 17. The number of carbonyl (C=O) groups excluding carboxylic acids is 2. The molecule has 1 aromatic carbocycles. The summed E-state index contributed by atoms with van der Waals surface area (Å²) in [6, 6.07) is 7.51. The highest BCUT2D eigenvalue weighted by molar-refractivity contribution is 5.69. The summed E-state index contributed by atoms with van der Waals surface area (Å²) >= 11 is 0. The van der Waals surface area contributed by atoms with Crippen molar-refractivity contribution in [2.75, 3.05) is 13.7 Å². The van der Waals surface area contributed by atoms with Gasteiger partial charge < -0.3 is 14.2 Å². The number of unbranched alkanes of at least 4 members (excludes halogenated alkanes) is 8. The molecule has 0 bridgehead atoms. The Bertz CT molecular complexity index is 553. The van der Waals surface area contributed by atoms with Gasteiger partial charge >= 0.3 is 11.9 Å². The summed E-state index contributed by atoms with van der Waals surface area (Å²) in [4.78, 5) is 23.4. The molecular weight excluding hydrogens is 368 g/mol. The molecule has 5 nitrogen and oxygen atoms in total. The molecule has 0 aliphatic rings. The number of benzene rings is 1. The molecule has 1 aromatic rings. The topological polar surface area (TPSA) is 61.8 Å². The molecule has 0 spiro atoms. The standard InChI is InChI=1S/C24H38O5/c1-3-4-5-12-19-28-23(25)13-10-8-6-7-9-11-14-24(26)29-20-21-15-17-22(27-2)18-16-21/h15-18H,3-14,19-20H2,1-2H3. The summed E-state index contributed by atoms with van der Waals surface area (Å²) in [7, 11) is 1.62. The van der Waals surface area contributed by atoms with E-state index in [9.17, 15) is 9.59 Å². The van der Waals surface area contributed by atoms with Crippen molar-refractivity contribution < 1.29 is 23.8 Å². The van der Waals surface area contributed by atoms with E-state index in [4.69, 9.17) is 14.2 Å². The predicted molar refractivity (Wildman–Crippen MR) is 115 cm³/mol. The first-order chi connectivity index (χ1) is 14.2. The normalized spacial score (nSPS) is 10.6. The van der Waals surface area contributed by atoms with Crippen molar-refractivity contribution in [3.8, 4) is 5.75 Å². The maximum Gasteiger partial charge on any atom is 0.306 e. The Hall–Kier alpha value is -2.04. The van der Waals surface area contributed by atoms with Crippen molar-refractivity contribution in [3.05, 3.63) is 29.8 Å². The van der Waals surface area contributed by atoms with Gasteiger partial charge in [0.25, 0.3) is 0 Å². The highest BCUT2D eigenvalue weighted by atomic mass is 16.5. The van der Waals surface area contributed by atoms with E-state index in [2.05, 4.69) is 6.92 Å². The zero-order chi connectivity index (χ0) is 21.2. The molecule has 0 unspecified atom stereocenters. The first-order valence-electron chi connectivity index (χ1n) is 11.1. The van der Waals surface area contributed by atoms with Crippen LogP contribution in [-0.2, 0) is 25.7 Å². The van der Waals surface area contributed by atoms with Gasteiger partial charge in [-0.05, 0) is 37.0 Å². The van der Waals surface area contributed by atoms with Gasteiger partial charge in [-0.1, -0.05) is 64.0 Å². The first kappa shape index (κ1) is 25.0. The zero-order valence-electron chi connectivity index (χ0n) is 18.3. The number of hydrogen-bond donors (Lipinski definition) is 0. The molecule has 0 saturated heterocycles. The molecule has 29 heavy (non-hydrogen) atoms. The van der Waals surface area contributed by atoms with Gasteiger partial charge in [0, 0.05) is 12.8 Å². The lowest BCUT2D eigenvalue weighted by atomic mass is 10.1. The summed E-state index contributed by atoms with van der Waals surface area (Å²) < 4.78 is 15.6. The maximum atomic E-state index is 11.8. The monoisotopic (exact) mass is 406 g/mol. The molecule has 1 rings (SSSR count). The number of ether oxygens (including phenoxy) is 3. The number of esters is 2. The van der Waals surface area contributed by atoms with Gasteiger partial charge in [-0.25, -0.2) is 0 Å². The first-order valence-corrected chi connectivity index (χ1v) is 11.1. The van der Waals surface area contributed by atoms with Gasteiger partial charge in [-0.3, -0.25) is 9.59 Å². The Balaban J connectivity index is 1.90. The second kappa shape index (κ2) is 16.9. The lowest BCUT2D eigenvalue weighted by Crippen LogP contribution is -2.05. The Morgan fingerprint density at radius 3 is 1.86 bits per heavy atom. The van der Waals surface area contributed by atoms with Gasteiger partial charge in [-0.15, -0.1) is 0 Å². The van der Waals surface area contributed by atoms with Crippen LogP contribution < -0.4 is 4.74 Å². The third-order valence-electron chi connectivity index (χ3n) is 4.83. The molecule has 0 N–H and O–H groups in total. The Kier molecular flexibility index (Phi) is 14.5. The van der Waals surface area contributed by atoms with Crippen LogP contribution in [-0.4, -0.2) is 25.7 Å². The largest absolute Gasteiger partial charge is 0.497 e. The average molecular weight is 407 g/mol. The van der Waals surface area contributed by atoms with Crippen LogP contribution in [0.15, 0.2) is 24.3 Å². The van der Waals surface area contributed by atoms with E-state index in [-0.39, 0.29) is 11.9 Å². The lowest BCUT2D eigenvalue weighted by molar-refractivity contribution is -0.145. The van der Waals surface area contributed by atoms with E-state index in [1.165, 1.54) is 12.8 Å². The lowest BCUT2D eigenvalue weighted by Gasteiger charge is -2.06. The summed E-state index contributed by atoms with van der Waals surface area (Å²) in [5.41, 5.74) is 0.957. The van der Waals surface area contributed by atoms with Crippen LogP contribution in [0.2, 0.25) is 0 Å². The second-order valence-corrected chi connectivity index (χ2v) is 7.41. The molecule has 164 valence electrons. The highest BCUT2D eigenvalue weighted by Gasteiger charge is 2.05. The molecule has 0 aliphatic carbocycles. The van der Waals surface area contributed by atoms with Crippen LogP contribution in [0.1, 0.15) is 89.5 Å². The van der Waals surface area contributed by atoms with E-state index < -0.39 is 0 Å². The van der Waals surface area contributed by atoms with Crippen molar-refractivity contribution in [3.63, 3.8) is 0 Å². The van der Waals surface area contributed by atoms with Gasteiger partial charge in [-0.2, -0.15) is 0 Å². The molecular formula is C24H38O5. The van der Waals surface area contributed by atoms with Crippen LogP contribution >= 0.6 is 0 Å². The quantitative estimate of drug-likeness (QED) is 0.235. The van der Waals surface area contributed by atoms with Crippen molar-refractivity contribution in [1.29, 1.82) is 0 Å². The molecule has 0 heterocycles. The fraction of sp³-hybridized carbons (Fsp3) is 0.667. The minimum absolute atomic E-state index is 0.0684. The maximum absolute atomic E-state index is 11.8. The fourth-order valence-electron chi connectivity index (χ4n) is 2.99. The third-order valence-corrected chi connectivity index (χ3v) is 4.83. The number of hydrogen-bond acceptors (Lipinski definition) is 5. The van der Waals surface area contributed by atoms with Crippen molar-refractivity contribution in [2.24, 2.45) is 0 Å². The van der Waals surface area contributed by atoms with E-state index in [0.717, 1.165) is 62.7 Å². The third kappa shape index (κ3) is 13.7. The second-order valence-electron chi connectivity index (χ2n) is 7.41. The van der Waals surface area contributed by atoms with Crippen molar-refractivity contribution >= 4 is 11.9 Å². The van der Waals surface area contributed by atoms with E-state index in [1.807, 2.05) is 24.3 Å². The summed E-state index contributed by atoms with van der Waals surface area (Å²) in [6.07, 6.45) is 11.4. The molecule has 0 radical (unpaired) electrons. The number of methoxy groups -OCH3 is 1. The van der Waals surface area contributed by atoms with Gasteiger partial charge in [0.2, 0.25) is 0 Å². The summed E-state index contributed by atoms with van der Waals surface area (Å²) in [5, 5.41) is 0. The Labute approximate surface area is 176 Å². The van der Waals surface area contributed by atoms with E-state index in [0.29, 0.717) is 26.1 Å². The minimum atomic E-state index is -0.150. The molecule has 0 fully saturated rings. The summed E-state index contributed by atoms with van der Waals surface area (Å²) in [5.74, 6) is 0.572. The molecule has 0 aliphatic heterocycles. The number of carbonyl (C=O) groups is 2.